The molecule has 3 N–H and O–H groups in total. The average Bonchev–Trinajstić information content (AvgIpc) is 3.48. The Bertz CT molecular complexity index is 1110. The maximum atomic E-state index is 13.3. The molecule has 1 saturated carbocycles. The van der Waals surface area contributed by atoms with Gasteiger partial charge in [-0.2, -0.15) is 0 Å². The highest BCUT2D eigenvalue weighted by Crippen LogP contribution is 2.35. The summed E-state index contributed by atoms with van der Waals surface area (Å²) in [5.41, 5.74) is 4.62. The second-order valence-corrected chi connectivity index (χ2v) is 11.4. The summed E-state index contributed by atoms with van der Waals surface area (Å²) in [4.78, 5) is 32.2. The van der Waals surface area contributed by atoms with Crippen LogP contribution >= 0.6 is 0 Å². The van der Waals surface area contributed by atoms with Crippen molar-refractivity contribution in [2.45, 2.75) is 82.6 Å². The molecule has 1 aromatic heterocycles. The number of carboxylic acid groups (broad SMARTS) is 1. The number of hydrogen-bond acceptors (Lipinski definition) is 5. The van der Waals surface area contributed by atoms with Gasteiger partial charge in [-0.05, 0) is 93.1 Å². The van der Waals surface area contributed by atoms with Gasteiger partial charge in [0, 0.05) is 18.8 Å². The molecule has 2 unspecified atom stereocenters. The predicted octanol–water partition coefficient (Wildman–Crippen LogP) is 5.07. The number of carbonyl (C=O) groups is 2. The highest BCUT2D eigenvalue weighted by molar-refractivity contribution is 5.80. The Hall–Kier alpha value is -2.93. The minimum absolute atomic E-state index is 0.0188. The number of pyridine rings is 1. The van der Waals surface area contributed by atoms with E-state index in [0.717, 1.165) is 75.4 Å². The van der Waals surface area contributed by atoms with Crippen LogP contribution in [0.25, 0.3) is 0 Å². The molecule has 3 aliphatic rings. The SMILES string of the molecule is O=C(O)CC(NC(=O)C1CCCN(CCCc2ccc3c(n2)NCCC3)C1)c1cccc(C2CCCC2)c1. The molecule has 1 saturated heterocycles. The van der Waals surface area contributed by atoms with E-state index in [1.54, 1.807) is 0 Å². The summed E-state index contributed by atoms with van der Waals surface area (Å²) in [5.74, 6) is 0.584. The van der Waals surface area contributed by atoms with Crippen LogP contribution in [0.1, 0.15) is 92.1 Å². The van der Waals surface area contributed by atoms with Gasteiger partial charge in [0.15, 0.2) is 0 Å². The van der Waals surface area contributed by atoms with Crippen LogP contribution < -0.4 is 10.6 Å². The van der Waals surface area contributed by atoms with Crippen molar-refractivity contribution < 1.29 is 14.7 Å². The molecule has 2 aromatic rings. The average molecular weight is 519 g/mol. The summed E-state index contributed by atoms with van der Waals surface area (Å²) in [5, 5.41) is 16.1. The van der Waals surface area contributed by atoms with E-state index in [9.17, 15) is 14.7 Å². The van der Waals surface area contributed by atoms with Crippen LogP contribution in [0.15, 0.2) is 36.4 Å². The number of rotatable bonds is 10. The zero-order valence-corrected chi connectivity index (χ0v) is 22.5. The molecule has 1 amide bonds. The van der Waals surface area contributed by atoms with E-state index in [1.165, 1.54) is 43.2 Å². The van der Waals surface area contributed by atoms with Gasteiger partial charge in [-0.3, -0.25) is 9.59 Å². The molecule has 0 bridgehead atoms. The smallest absolute Gasteiger partial charge is 0.305 e. The van der Waals surface area contributed by atoms with Crippen molar-refractivity contribution in [2.24, 2.45) is 5.92 Å². The van der Waals surface area contributed by atoms with Crippen LogP contribution in [-0.4, -0.2) is 53.0 Å². The number of fused-ring (bicyclic) bond motifs is 1. The zero-order valence-electron chi connectivity index (χ0n) is 22.5. The summed E-state index contributed by atoms with van der Waals surface area (Å²) >= 11 is 0. The van der Waals surface area contributed by atoms with E-state index >= 15 is 0 Å². The van der Waals surface area contributed by atoms with Gasteiger partial charge in [0.05, 0.1) is 18.4 Å². The summed E-state index contributed by atoms with van der Waals surface area (Å²) in [7, 11) is 0. The van der Waals surface area contributed by atoms with E-state index in [4.69, 9.17) is 4.98 Å². The van der Waals surface area contributed by atoms with E-state index < -0.39 is 12.0 Å². The third kappa shape index (κ3) is 6.93. The number of piperidine rings is 1. The number of nitrogens with zero attached hydrogens (tertiary/aromatic N) is 2. The molecular weight excluding hydrogens is 476 g/mol. The fourth-order valence-corrected chi connectivity index (χ4v) is 6.47. The Morgan fingerprint density at radius 3 is 2.82 bits per heavy atom. The Labute approximate surface area is 226 Å². The van der Waals surface area contributed by atoms with E-state index in [1.807, 2.05) is 12.1 Å². The Kier molecular flexibility index (Phi) is 8.94. The van der Waals surface area contributed by atoms with Crippen LogP contribution in [0.3, 0.4) is 0 Å². The van der Waals surface area contributed by atoms with Crippen molar-refractivity contribution in [3.63, 3.8) is 0 Å². The molecule has 7 heteroatoms. The molecular formula is C31H42N4O3. The maximum Gasteiger partial charge on any atom is 0.305 e. The molecule has 2 fully saturated rings. The highest BCUT2D eigenvalue weighted by Gasteiger charge is 2.29. The number of likely N-dealkylation sites (tertiary alicyclic amines) is 1. The second kappa shape index (κ2) is 12.7. The van der Waals surface area contributed by atoms with E-state index in [0.29, 0.717) is 5.92 Å². The first-order chi connectivity index (χ1) is 18.5. The number of anilines is 1. The lowest BCUT2D eigenvalue weighted by Gasteiger charge is -2.33. The summed E-state index contributed by atoms with van der Waals surface area (Å²) in [6.45, 7) is 3.68. The second-order valence-electron chi connectivity index (χ2n) is 11.4. The maximum absolute atomic E-state index is 13.3. The van der Waals surface area contributed by atoms with E-state index in [-0.39, 0.29) is 18.2 Å². The number of nitrogens with one attached hydrogen (secondary N) is 2. The standard InChI is InChI=1S/C31H42N4O3/c36-29(37)20-28(25-10-3-9-24(19-25)22-7-1-2-8-22)34-31(38)26-12-5-17-35(21-26)18-6-13-27-15-14-23-11-4-16-32-30(23)33-27/h3,9-10,14-15,19,22,26,28H,1-2,4-8,11-13,16-18,20-21H2,(H,32,33)(H,34,38)(H,36,37). The lowest BCUT2D eigenvalue weighted by Crippen LogP contribution is -2.44. The van der Waals surface area contributed by atoms with Crippen molar-refractivity contribution in [1.29, 1.82) is 0 Å². The molecule has 204 valence electrons. The van der Waals surface area contributed by atoms with Crippen LogP contribution in [-0.2, 0) is 22.4 Å². The largest absolute Gasteiger partial charge is 0.481 e. The summed E-state index contributed by atoms with van der Waals surface area (Å²) < 4.78 is 0. The van der Waals surface area contributed by atoms with Crippen molar-refractivity contribution in [1.82, 2.24) is 15.2 Å². The molecule has 0 radical (unpaired) electrons. The fraction of sp³-hybridized carbons (Fsp3) is 0.581. The first-order valence-electron chi connectivity index (χ1n) is 14.6. The van der Waals surface area contributed by atoms with Gasteiger partial charge in [0.25, 0.3) is 0 Å². The number of aliphatic carboxylic acids is 1. The van der Waals surface area contributed by atoms with Crippen molar-refractivity contribution in [2.75, 3.05) is 31.5 Å². The molecule has 7 nitrogen and oxygen atoms in total. The molecule has 38 heavy (non-hydrogen) atoms. The number of carbonyl (C=O) groups excluding carboxylic acids is 1. The fourth-order valence-electron chi connectivity index (χ4n) is 6.47. The van der Waals surface area contributed by atoms with Gasteiger partial charge in [-0.15, -0.1) is 0 Å². The van der Waals surface area contributed by atoms with Crippen molar-refractivity contribution in [3.8, 4) is 0 Å². The number of aromatic nitrogens is 1. The lowest BCUT2D eigenvalue weighted by atomic mass is 9.92. The van der Waals surface area contributed by atoms with Crippen molar-refractivity contribution >= 4 is 17.7 Å². The van der Waals surface area contributed by atoms with Gasteiger partial charge < -0.3 is 20.6 Å². The quantitative estimate of drug-likeness (QED) is 0.406. The molecule has 2 aliphatic heterocycles. The number of benzene rings is 1. The topological polar surface area (TPSA) is 94.6 Å². The number of hydrogen-bond donors (Lipinski definition) is 3. The Balaban J connectivity index is 1.15. The summed E-state index contributed by atoms with van der Waals surface area (Å²) in [6, 6.07) is 12.1. The van der Waals surface area contributed by atoms with Gasteiger partial charge in [0.2, 0.25) is 5.91 Å². The van der Waals surface area contributed by atoms with Gasteiger partial charge >= 0.3 is 5.97 Å². The van der Waals surface area contributed by atoms with Crippen molar-refractivity contribution in [3.05, 3.63) is 58.8 Å². The zero-order chi connectivity index (χ0) is 26.3. The normalized spacial score (nSPS) is 20.9. The minimum atomic E-state index is -0.891. The first-order valence-corrected chi connectivity index (χ1v) is 14.6. The Morgan fingerprint density at radius 1 is 1.11 bits per heavy atom. The van der Waals surface area contributed by atoms with Gasteiger partial charge in [-0.25, -0.2) is 4.98 Å². The number of aryl methyl sites for hydroxylation is 2. The number of carboxylic acids is 1. The third-order valence-electron chi connectivity index (χ3n) is 8.57. The molecule has 1 aromatic carbocycles. The highest BCUT2D eigenvalue weighted by atomic mass is 16.4. The summed E-state index contributed by atoms with van der Waals surface area (Å²) in [6.07, 6.45) is 10.8. The number of amides is 1. The molecule has 5 rings (SSSR count). The molecule has 0 spiro atoms. The van der Waals surface area contributed by atoms with Gasteiger partial charge in [0.1, 0.15) is 5.82 Å². The van der Waals surface area contributed by atoms with Crippen LogP contribution in [0.4, 0.5) is 5.82 Å². The molecule has 3 heterocycles. The van der Waals surface area contributed by atoms with E-state index in [2.05, 4.69) is 39.8 Å². The lowest BCUT2D eigenvalue weighted by molar-refractivity contribution is -0.138. The monoisotopic (exact) mass is 518 g/mol. The van der Waals surface area contributed by atoms with Crippen LogP contribution in [0, 0.1) is 5.92 Å². The Morgan fingerprint density at radius 2 is 1.97 bits per heavy atom. The molecule has 1 aliphatic carbocycles. The minimum Gasteiger partial charge on any atom is -0.481 e. The first kappa shape index (κ1) is 26.7. The third-order valence-corrected chi connectivity index (χ3v) is 8.57. The van der Waals surface area contributed by atoms with Crippen LogP contribution in [0.2, 0.25) is 0 Å². The molecule has 2 atom stereocenters. The van der Waals surface area contributed by atoms with Crippen LogP contribution in [0.5, 0.6) is 0 Å². The van der Waals surface area contributed by atoms with Gasteiger partial charge in [-0.1, -0.05) is 43.2 Å². The predicted molar refractivity (Wildman–Crippen MR) is 149 cm³/mol.